The van der Waals surface area contributed by atoms with Crippen LogP contribution in [-0.2, 0) is 8.85 Å². The van der Waals surface area contributed by atoms with E-state index in [1.54, 1.807) is 6.07 Å². The van der Waals surface area contributed by atoms with Crippen LogP contribution < -0.4 is 0 Å². The molecule has 0 aliphatic rings. The van der Waals surface area contributed by atoms with E-state index in [0.717, 1.165) is 5.56 Å². The number of rotatable bonds is 11. The zero-order valence-corrected chi connectivity index (χ0v) is 23.6. The molecule has 1 rings (SSSR count). The molecule has 0 aliphatic carbocycles. The molecular weight excluding hydrogens is 404 g/mol. The van der Waals surface area contributed by atoms with Crippen molar-refractivity contribution in [1.29, 1.82) is 0 Å². The molecule has 30 heavy (non-hydrogen) atoms. The van der Waals surface area contributed by atoms with Crippen LogP contribution in [0, 0.1) is 0 Å². The van der Waals surface area contributed by atoms with E-state index >= 15 is 0 Å². The first-order valence-corrected chi connectivity index (χ1v) is 16.2. The molecule has 0 amide bonds. The molecule has 0 aliphatic heterocycles. The number of phenolic OH excluding ortho intramolecular Hbond substituents is 1. The highest BCUT2D eigenvalue weighted by molar-refractivity contribution is 6.78. The molecule has 0 unspecified atom stereocenters. The van der Waals surface area contributed by atoms with Crippen molar-refractivity contribution in [3.8, 4) is 5.75 Å². The van der Waals surface area contributed by atoms with Crippen molar-refractivity contribution in [3.05, 3.63) is 29.8 Å². The summed E-state index contributed by atoms with van der Waals surface area (Å²) in [6.45, 7) is 27.7. The fourth-order valence-electron chi connectivity index (χ4n) is 6.02. The summed E-state index contributed by atoms with van der Waals surface area (Å²) in [7, 11) is -4.36. The second kappa shape index (κ2) is 10.8. The summed E-state index contributed by atoms with van der Waals surface area (Å²) >= 11 is 0. The van der Waals surface area contributed by atoms with Crippen LogP contribution in [0.25, 0.3) is 0 Å². The molecule has 1 aromatic carbocycles. The summed E-state index contributed by atoms with van der Waals surface area (Å²) in [5.41, 5.74) is 3.74. The maximum atomic E-state index is 10.2. The first kappa shape index (κ1) is 27.4. The third-order valence-electron chi connectivity index (χ3n) is 7.18. The van der Waals surface area contributed by atoms with Crippen molar-refractivity contribution in [2.24, 2.45) is 0 Å². The Hall–Kier alpha value is -0.626. The molecule has 1 aromatic rings. The molecule has 0 radical (unpaired) electrons. The predicted octanol–water partition coefficient (Wildman–Crippen LogP) is 8.78. The van der Waals surface area contributed by atoms with Crippen LogP contribution in [0.5, 0.6) is 5.75 Å². The average molecular weight is 453 g/mol. The van der Waals surface area contributed by atoms with Gasteiger partial charge in [-0.25, -0.2) is 0 Å². The van der Waals surface area contributed by atoms with Gasteiger partial charge in [-0.1, -0.05) is 95.2 Å². The third kappa shape index (κ3) is 5.40. The largest absolute Gasteiger partial charge is 0.508 e. The lowest BCUT2D eigenvalue weighted by Gasteiger charge is -2.49. The van der Waals surface area contributed by atoms with Crippen LogP contribution in [0.15, 0.2) is 24.3 Å². The number of hydrogen-bond donors (Lipinski definition) is 1. The van der Waals surface area contributed by atoms with Gasteiger partial charge in [-0.15, -0.1) is 0 Å². The van der Waals surface area contributed by atoms with Crippen LogP contribution in [0.1, 0.15) is 94.9 Å². The van der Waals surface area contributed by atoms with Crippen LogP contribution >= 0.6 is 0 Å². The van der Waals surface area contributed by atoms with E-state index in [2.05, 4.69) is 83.1 Å². The van der Waals surface area contributed by atoms with Gasteiger partial charge in [0.05, 0.1) is 0 Å². The zero-order chi connectivity index (χ0) is 23.4. The molecule has 0 saturated carbocycles. The lowest BCUT2D eigenvalue weighted by atomic mass is 10.2. The number of benzene rings is 1. The monoisotopic (exact) mass is 452 g/mol. The molecular formula is C25H48O3Si2. The lowest BCUT2D eigenvalue weighted by molar-refractivity contribution is -0.0253. The Morgan fingerprint density at radius 3 is 1.20 bits per heavy atom. The summed E-state index contributed by atoms with van der Waals surface area (Å²) in [6.07, 6.45) is -0.435. The van der Waals surface area contributed by atoms with Crippen molar-refractivity contribution in [1.82, 2.24) is 0 Å². The van der Waals surface area contributed by atoms with E-state index in [9.17, 15) is 5.11 Å². The van der Waals surface area contributed by atoms with Gasteiger partial charge in [0.25, 0.3) is 0 Å². The summed E-state index contributed by atoms with van der Waals surface area (Å²) in [4.78, 5) is 0. The molecule has 0 heterocycles. The van der Waals surface area contributed by atoms with Crippen molar-refractivity contribution in [2.45, 2.75) is 123 Å². The van der Waals surface area contributed by atoms with Gasteiger partial charge in [-0.2, -0.15) is 0 Å². The first-order valence-electron chi connectivity index (χ1n) is 11.9. The van der Waals surface area contributed by atoms with Gasteiger partial charge in [0.2, 0.25) is 16.6 Å². The van der Waals surface area contributed by atoms with E-state index in [4.69, 9.17) is 8.85 Å². The van der Waals surface area contributed by atoms with Crippen molar-refractivity contribution >= 4 is 16.6 Å². The molecule has 1 N–H and O–H groups in total. The second-order valence-electron chi connectivity index (χ2n) is 10.8. The van der Waals surface area contributed by atoms with Gasteiger partial charge in [0.1, 0.15) is 5.75 Å². The van der Waals surface area contributed by atoms with Crippen molar-refractivity contribution < 1.29 is 14.0 Å². The zero-order valence-electron chi connectivity index (χ0n) is 21.6. The van der Waals surface area contributed by atoms with Gasteiger partial charge in [-0.05, 0) is 45.4 Å². The Bertz CT molecular complexity index is 576. The minimum atomic E-state index is -2.18. The maximum Gasteiger partial charge on any atom is 0.204 e. The summed E-state index contributed by atoms with van der Waals surface area (Å²) in [5, 5.41) is 10.2. The van der Waals surface area contributed by atoms with Gasteiger partial charge in [-0.3, -0.25) is 0 Å². The summed E-state index contributed by atoms with van der Waals surface area (Å²) in [5.74, 6) is 0.265. The molecule has 0 aromatic heterocycles. The normalized spacial score (nSPS) is 13.8. The Morgan fingerprint density at radius 1 is 0.600 bits per heavy atom. The summed E-state index contributed by atoms with van der Waals surface area (Å²) in [6, 6.07) is 7.49. The fraction of sp³-hybridized carbons (Fsp3) is 0.760. The van der Waals surface area contributed by atoms with Crippen molar-refractivity contribution in [2.75, 3.05) is 0 Å². The van der Waals surface area contributed by atoms with Gasteiger partial charge < -0.3 is 14.0 Å². The van der Waals surface area contributed by atoms with E-state index in [1.807, 2.05) is 18.2 Å². The van der Waals surface area contributed by atoms with Crippen LogP contribution in [0.2, 0.25) is 33.2 Å². The minimum absolute atomic E-state index is 0.265. The molecule has 5 heteroatoms. The number of aromatic hydroxyl groups is 1. The third-order valence-corrected chi connectivity index (χ3v) is 19.3. The molecule has 0 atom stereocenters. The molecule has 0 spiro atoms. The quantitative estimate of drug-likeness (QED) is 0.269. The molecule has 0 saturated heterocycles. The van der Waals surface area contributed by atoms with Crippen molar-refractivity contribution in [3.63, 3.8) is 0 Å². The van der Waals surface area contributed by atoms with E-state index in [-0.39, 0.29) is 5.75 Å². The first-order chi connectivity index (χ1) is 13.7. The van der Waals surface area contributed by atoms with Crippen LogP contribution in [-0.4, -0.2) is 21.7 Å². The van der Waals surface area contributed by atoms with E-state index in [1.165, 1.54) is 0 Å². The topological polar surface area (TPSA) is 38.7 Å². The molecule has 3 nitrogen and oxygen atoms in total. The second-order valence-corrected chi connectivity index (χ2v) is 21.6. The Balaban J connectivity index is 3.64. The highest BCUT2D eigenvalue weighted by Gasteiger charge is 2.51. The smallest absolute Gasteiger partial charge is 0.204 e. The lowest BCUT2D eigenvalue weighted by Crippen LogP contribution is -2.53. The number of hydrogen-bond acceptors (Lipinski definition) is 3. The Morgan fingerprint density at radius 2 is 0.933 bits per heavy atom. The van der Waals surface area contributed by atoms with Crippen LogP contribution in [0.3, 0.4) is 0 Å². The highest BCUT2D eigenvalue weighted by Crippen LogP contribution is 2.50. The predicted molar refractivity (Wildman–Crippen MR) is 135 cm³/mol. The Labute approximate surface area is 188 Å². The molecule has 174 valence electrons. The van der Waals surface area contributed by atoms with Gasteiger partial charge in [0.15, 0.2) is 6.29 Å². The summed E-state index contributed by atoms with van der Waals surface area (Å²) < 4.78 is 14.4. The van der Waals surface area contributed by atoms with Crippen LogP contribution in [0.4, 0.5) is 0 Å². The maximum absolute atomic E-state index is 10.2. The number of phenols is 1. The van der Waals surface area contributed by atoms with E-state index < -0.39 is 22.9 Å². The highest BCUT2D eigenvalue weighted by atomic mass is 28.4. The fourth-order valence-corrected chi connectivity index (χ4v) is 16.9. The molecule has 0 fully saturated rings. The van der Waals surface area contributed by atoms with Gasteiger partial charge >= 0.3 is 0 Å². The SMILES string of the molecule is CC(C)[Si](OC(O[Si](C(C)C)(C(C)C)C(C)C)c1cccc(O)c1)(C(C)C)C(C)C. The van der Waals surface area contributed by atoms with Gasteiger partial charge in [0, 0.05) is 5.56 Å². The Kier molecular flexibility index (Phi) is 9.86. The standard InChI is InChI=1S/C25H48O3Si2/c1-17(2)29(18(3)4,19(5)6)27-25(23-14-13-15-24(26)16-23)28-30(20(7)8,21(9)10)22(11)12/h13-22,25-26H,1-12H3. The van der Waals surface area contributed by atoms with E-state index in [0.29, 0.717) is 33.2 Å². The average Bonchev–Trinajstić information content (AvgIpc) is 2.60. The molecule has 0 bridgehead atoms. The minimum Gasteiger partial charge on any atom is -0.508 e.